The Morgan fingerprint density at radius 2 is 2.23 bits per heavy atom. The van der Waals surface area contributed by atoms with Gasteiger partial charge in [0.1, 0.15) is 0 Å². The maximum atomic E-state index is 11.6. The Morgan fingerprint density at radius 3 is 2.77 bits per heavy atom. The molecular formula is C11H18O2. The Balaban J connectivity index is 1.84. The molecule has 0 radical (unpaired) electrons. The van der Waals surface area contributed by atoms with Gasteiger partial charge in [0, 0.05) is 0 Å². The summed E-state index contributed by atoms with van der Waals surface area (Å²) in [5.41, 5.74) is 0. The molecule has 0 spiro atoms. The molecule has 2 aliphatic rings. The van der Waals surface area contributed by atoms with Gasteiger partial charge in [-0.05, 0) is 37.5 Å². The predicted molar refractivity (Wildman–Crippen MR) is 50.2 cm³/mol. The van der Waals surface area contributed by atoms with E-state index in [0.29, 0.717) is 12.5 Å². The Kier molecular flexibility index (Phi) is 2.56. The van der Waals surface area contributed by atoms with Crippen LogP contribution in [0.2, 0.25) is 0 Å². The summed E-state index contributed by atoms with van der Waals surface area (Å²) in [4.78, 5) is 11.6. The normalized spacial score (nSPS) is 36.5. The number of carbonyl (C=O) groups excluding carboxylic acids is 1. The lowest BCUT2D eigenvalue weighted by Gasteiger charge is -2.19. The maximum Gasteiger partial charge on any atom is 0.309 e. The molecule has 0 N–H and O–H groups in total. The number of carbonyl (C=O) groups is 1. The van der Waals surface area contributed by atoms with Crippen molar-refractivity contribution < 1.29 is 9.53 Å². The van der Waals surface area contributed by atoms with Gasteiger partial charge in [0.05, 0.1) is 12.5 Å². The van der Waals surface area contributed by atoms with Gasteiger partial charge >= 0.3 is 5.97 Å². The van der Waals surface area contributed by atoms with Crippen LogP contribution in [-0.2, 0) is 9.53 Å². The number of ether oxygens (including phenoxy) is 1. The number of esters is 1. The minimum atomic E-state index is 0.0778. The van der Waals surface area contributed by atoms with Crippen LogP contribution >= 0.6 is 0 Å². The fourth-order valence-corrected chi connectivity index (χ4v) is 2.84. The Labute approximate surface area is 79.7 Å². The van der Waals surface area contributed by atoms with Crippen LogP contribution in [-0.4, -0.2) is 12.6 Å². The second-order valence-electron chi connectivity index (χ2n) is 4.45. The van der Waals surface area contributed by atoms with E-state index >= 15 is 0 Å². The van der Waals surface area contributed by atoms with Gasteiger partial charge in [0.15, 0.2) is 0 Å². The van der Waals surface area contributed by atoms with Crippen molar-refractivity contribution >= 4 is 5.97 Å². The SMILES string of the molecule is CCCOC(=O)[C@@H]1CC2CC[C@@H]1C2. The van der Waals surface area contributed by atoms with Crippen LogP contribution in [0.3, 0.4) is 0 Å². The van der Waals surface area contributed by atoms with Crippen LogP contribution in [0, 0.1) is 17.8 Å². The zero-order valence-electron chi connectivity index (χ0n) is 8.29. The van der Waals surface area contributed by atoms with Crippen molar-refractivity contribution in [2.24, 2.45) is 17.8 Å². The van der Waals surface area contributed by atoms with E-state index in [1.165, 1.54) is 19.3 Å². The van der Waals surface area contributed by atoms with E-state index in [0.717, 1.165) is 18.8 Å². The quantitative estimate of drug-likeness (QED) is 0.626. The van der Waals surface area contributed by atoms with E-state index in [2.05, 4.69) is 0 Å². The summed E-state index contributed by atoms with van der Waals surface area (Å²) in [6, 6.07) is 0. The molecule has 2 nitrogen and oxygen atoms in total. The number of hydrogen-bond donors (Lipinski definition) is 0. The number of hydrogen-bond acceptors (Lipinski definition) is 2. The molecule has 2 bridgehead atoms. The van der Waals surface area contributed by atoms with Crippen LogP contribution in [0.1, 0.15) is 39.0 Å². The third-order valence-electron chi connectivity index (χ3n) is 3.49. The molecule has 2 saturated carbocycles. The first kappa shape index (κ1) is 9.04. The first-order valence-corrected chi connectivity index (χ1v) is 5.48. The van der Waals surface area contributed by atoms with Gasteiger partial charge in [-0.15, -0.1) is 0 Å². The zero-order valence-corrected chi connectivity index (χ0v) is 8.29. The highest BCUT2D eigenvalue weighted by Crippen LogP contribution is 2.48. The van der Waals surface area contributed by atoms with Crippen LogP contribution in [0.25, 0.3) is 0 Å². The average molecular weight is 182 g/mol. The lowest BCUT2D eigenvalue weighted by atomic mass is 9.89. The fraction of sp³-hybridized carbons (Fsp3) is 0.909. The van der Waals surface area contributed by atoms with Crippen molar-refractivity contribution in [3.63, 3.8) is 0 Å². The Morgan fingerprint density at radius 1 is 1.38 bits per heavy atom. The molecule has 0 saturated heterocycles. The second-order valence-corrected chi connectivity index (χ2v) is 4.45. The molecule has 1 unspecified atom stereocenters. The van der Waals surface area contributed by atoms with Gasteiger partial charge in [0.2, 0.25) is 0 Å². The van der Waals surface area contributed by atoms with Crippen LogP contribution in [0.15, 0.2) is 0 Å². The van der Waals surface area contributed by atoms with Gasteiger partial charge in [-0.2, -0.15) is 0 Å². The monoisotopic (exact) mass is 182 g/mol. The highest BCUT2D eigenvalue weighted by molar-refractivity contribution is 5.73. The minimum Gasteiger partial charge on any atom is -0.465 e. The van der Waals surface area contributed by atoms with Crippen molar-refractivity contribution in [3.05, 3.63) is 0 Å². The van der Waals surface area contributed by atoms with Crippen molar-refractivity contribution in [3.8, 4) is 0 Å². The van der Waals surface area contributed by atoms with E-state index < -0.39 is 0 Å². The van der Waals surface area contributed by atoms with Crippen molar-refractivity contribution in [1.82, 2.24) is 0 Å². The average Bonchev–Trinajstić information content (AvgIpc) is 2.74. The van der Waals surface area contributed by atoms with Crippen molar-refractivity contribution in [1.29, 1.82) is 0 Å². The molecule has 0 aromatic heterocycles. The molecule has 2 fully saturated rings. The summed E-state index contributed by atoms with van der Waals surface area (Å²) in [5, 5.41) is 0. The minimum absolute atomic E-state index is 0.0778. The van der Waals surface area contributed by atoms with Crippen LogP contribution in [0.5, 0.6) is 0 Å². The lowest BCUT2D eigenvalue weighted by Crippen LogP contribution is -2.23. The van der Waals surface area contributed by atoms with E-state index in [4.69, 9.17) is 4.74 Å². The molecule has 2 rings (SSSR count). The van der Waals surface area contributed by atoms with Gasteiger partial charge < -0.3 is 4.74 Å². The van der Waals surface area contributed by atoms with E-state index in [1.807, 2.05) is 6.92 Å². The zero-order chi connectivity index (χ0) is 9.26. The molecule has 0 aliphatic heterocycles. The topological polar surface area (TPSA) is 26.3 Å². The fourth-order valence-electron chi connectivity index (χ4n) is 2.84. The molecule has 0 aromatic carbocycles. The first-order chi connectivity index (χ1) is 6.31. The van der Waals surface area contributed by atoms with E-state index in [-0.39, 0.29) is 11.9 Å². The van der Waals surface area contributed by atoms with Gasteiger partial charge in [0.25, 0.3) is 0 Å². The van der Waals surface area contributed by atoms with Crippen LogP contribution < -0.4 is 0 Å². The summed E-state index contributed by atoms with van der Waals surface area (Å²) in [5.74, 6) is 1.83. The maximum absolute atomic E-state index is 11.6. The molecule has 2 aliphatic carbocycles. The van der Waals surface area contributed by atoms with Gasteiger partial charge in [-0.3, -0.25) is 4.79 Å². The summed E-state index contributed by atoms with van der Waals surface area (Å²) in [6.07, 6.45) is 5.93. The van der Waals surface area contributed by atoms with Gasteiger partial charge in [-0.1, -0.05) is 13.3 Å². The largest absolute Gasteiger partial charge is 0.465 e. The molecule has 2 heteroatoms. The molecule has 0 amide bonds. The predicted octanol–water partition coefficient (Wildman–Crippen LogP) is 2.38. The molecular weight excluding hydrogens is 164 g/mol. The highest BCUT2D eigenvalue weighted by Gasteiger charge is 2.43. The molecule has 0 aromatic rings. The van der Waals surface area contributed by atoms with Crippen molar-refractivity contribution in [2.45, 2.75) is 39.0 Å². The van der Waals surface area contributed by atoms with E-state index in [9.17, 15) is 4.79 Å². The van der Waals surface area contributed by atoms with Crippen molar-refractivity contribution in [2.75, 3.05) is 6.61 Å². The third kappa shape index (κ3) is 1.72. The molecule has 74 valence electrons. The summed E-state index contributed by atoms with van der Waals surface area (Å²) in [6.45, 7) is 2.64. The second kappa shape index (κ2) is 3.69. The Bertz CT molecular complexity index is 200. The van der Waals surface area contributed by atoms with Gasteiger partial charge in [-0.25, -0.2) is 0 Å². The number of rotatable bonds is 3. The first-order valence-electron chi connectivity index (χ1n) is 5.48. The standard InChI is InChI=1S/C11H18O2/c1-2-5-13-11(12)10-7-8-3-4-9(10)6-8/h8-10H,2-7H2,1H3/t8?,9-,10-/m1/s1. The molecule has 13 heavy (non-hydrogen) atoms. The third-order valence-corrected chi connectivity index (χ3v) is 3.49. The Hall–Kier alpha value is -0.530. The molecule has 3 atom stereocenters. The number of fused-ring (bicyclic) bond motifs is 2. The van der Waals surface area contributed by atoms with E-state index in [1.54, 1.807) is 0 Å². The summed E-state index contributed by atoms with van der Waals surface area (Å²) in [7, 11) is 0. The summed E-state index contributed by atoms with van der Waals surface area (Å²) < 4.78 is 5.19. The molecule has 0 heterocycles. The summed E-state index contributed by atoms with van der Waals surface area (Å²) >= 11 is 0. The highest BCUT2D eigenvalue weighted by atomic mass is 16.5. The smallest absolute Gasteiger partial charge is 0.309 e. The lowest BCUT2D eigenvalue weighted by molar-refractivity contribution is -0.150. The van der Waals surface area contributed by atoms with Crippen LogP contribution in [0.4, 0.5) is 0 Å².